The Morgan fingerprint density at radius 1 is 1.22 bits per heavy atom. The van der Waals surface area contributed by atoms with Crippen molar-refractivity contribution in [1.29, 1.82) is 0 Å². The molecule has 0 bridgehead atoms. The minimum atomic E-state index is -3.83. The fourth-order valence-corrected chi connectivity index (χ4v) is 4.11. The number of pyridine rings is 1. The zero-order valence-electron chi connectivity index (χ0n) is 15.0. The van der Waals surface area contributed by atoms with Crippen molar-refractivity contribution in [3.8, 4) is 0 Å². The molecule has 0 unspecified atom stereocenters. The summed E-state index contributed by atoms with van der Waals surface area (Å²) < 4.78 is 32.2. The number of nitrogens with zero attached hydrogens (tertiary/aromatic N) is 5. The lowest BCUT2D eigenvalue weighted by atomic mass is 10.3. The zero-order chi connectivity index (χ0) is 19.6. The van der Waals surface area contributed by atoms with Gasteiger partial charge in [0.1, 0.15) is 5.82 Å². The molecule has 2 aromatic rings. The van der Waals surface area contributed by atoms with E-state index in [4.69, 9.17) is 11.0 Å². The predicted octanol–water partition coefficient (Wildman–Crippen LogP) is 1.44. The van der Waals surface area contributed by atoms with Crippen molar-refractivity contribution in [3.05, 3.63) is 47.6 Å². The molecule has 0 aliphatic carbocycles. The Labute approximate surface area is 157 Å². The van der Waals surface area contributed by atoms with E-state index in [0.717, 1.165) is 0 Å². The van der Waals surface area contributed by atoms with Crippen molar-refractivity contribution < 1.29 is 17.6 Å². The minimum Gasteiger partial charge on any atom is -0.438 e. The number of carbonyl (C=O) groups is 1. The lowest BCUT2D eigenvalue weighted by molar-refractivity contribution is 0.0790. The fraction of sp³-hybridized carbons (Fsp3) is 0.353. The molecule has 0 radical (unpaired) electrons. The van der Waals surface area contributed by atoms with Crippen LogP contribution in [0.4, 0.5) is 11.5 Å². The molecule has 0 spiro atoms. The molecule has 1 amide bonds. The highest BCUT2D eigenvalue weighted by Crippen LogP contribution is 2.28. The molecule has 0 aromatic carbocycles. The first-order valence-corrected chi connectivity index (χ1v) is 9.67. The summed E-state index contributed by atoms with van der Waals surface area (Å²) in [6.07, 6.45) is 1.61. The molecular weight excluding hydrogens is 370 g/mol. The molecule has 0 saturated carbocycles. The number of sulfonamides is 1. The van der Waals surface area contributed by atoms with E-state index in [0.29, 0.717) is 24.6 Å². The summed E-state index contributed by atoms with van der Waals surface area (Å²) in [4.78, 5) is 22.8. The smallest absolute Gasteiger partial charge is 0.289 e. The highest BCUT2D eigenvalue weighted by atomic mass is 32.2. The molecule has 1 aliphatic heterocycles. The van der Waals surface area contributed by atoms with E-state index < -0.39 is 15.9 Å². The van der Waals surface area contributed by atoms with E-state index >= 15 is 0 Å². The van der Waals surface area contributed by atoms with Gasteiger partial charge in [-0.15, -0.1) is 0 Å². The van der Waals surface area contributed by atoms with E-state index in [1.54, 1.807) is 32.4 Å². The largest absolute Gasteiger partial charge is 0.438 e. The third kappa shape index (κ3) is 3.65. The van der Waals surface area contributed by atoms with E-state index in [9.17, 15) is 13.2 Å². The van der Waals surface area contributed by atoms with Crippen LogP contribution in [0.2, 0.25) is 0 Å². The topological polar surface area (TPSA) is 91.3 Å². The number of aromatic nitrogens is 1. The third-order valence-corrected chi connectivity index (χ3v) is 5.99. The van der Waals surface area contributed by atoms with Crippen LogP contribution in [0.1, 0.15) is 10.6 Å². The lowest BCUT2D eigenvalue weighted by Crippen LogP contribution is -2.48. The van der Waals surface area contributed by atoms with Gasteiger partial charge in [0, 0.05) is 46.5 Å². The maximum Gasteiger partial charge on any atom is 0.289 e. The molecule has 1 fully saturated rings. The molecule has 0 N–H and O–H groups in total. The number of carbonyl (C=O) groups excluding carboxylic acids is 1. The minimum absolute atomic E-state index is 0.0209. The molecule has 2 aromatic heterocycles. The van der Waals surface area contributed by atoms with Crippen molar-refractivity contribution in [2.24, 2.45) is 0 Å². The van der Waals surface area contributed by atoms with Crippen LogP contribution in [0.5, 0.6) is 0 Å². The number of piperazine rings is 1. The Hall–Kier alpha value is -2.90. The second-order valence-corrected chi connectivity index (χ2v) is 8.04. The van der Waals surface area contributed by atoms with Crippen molar-refractivity contribution in [2.45, 2.75) is 5.09 Å². The van der Waals surface area contributed by atoms with Crippen molar-refractivity contribution in [2.75, 3.05) is 45.2 Å². The van der Waals surface area contributed by atoms with E-state index in [1.165, 1.54) is 21.3 Å². The summed E-state index contributed by atoms with van der Waals surface area (Å²) in [5, 5.41) is -0.249. The van der Waals surface area contributed by atoms with Crippen LogP contribution < -0.4 is 4.90 Å². The number of anilines is 1. The Kier molecular flexibility index (Phi) is 5.16. The Morgan fingerprint density at radius 2 is 1.93 bits per heavy atom. The molecule has 3 rings (SSSR count). The second-order valence-electron chi connectivity index (χ2n) is 6.17. The Bertz CT molecular complexity index is 985. The van der Waals surface area contributed by atoms with Crippen LogP contribution in [0, 0.1) is 6.57 Å². The molecule has 1 saturated heterocycles. The fourth-order valence-electron chi connectivity index (χ4n) is 2.78. The summed E-state index contributed by atoms with van der Waals surface area (Å²) in [5.74, 6) is 0.136. The Balaban J connectivity index is 1.74. The summed E-state index contributed by atoms with van der Waals surface area (Å²) in [5.41, 5.74) is 0.437. The van der Waals surface area contributed by atoms with Gasteiger partial charge in [-0.25, -0.2) is 13.3 Å². The average Bonchev–Trinajstić information content (AvgIpc) is 3.18. The summed E-state index contributed by atoms with van der Waals surface area (Å²) >= 11 is 0. The summed E-state index contributed by atoms with van der Waals surface area (Å²) in [6.45, 7) is 8.50. The Morgan fingerprint density at radius 3 is 2.56 bits per heavy atom. The molecule has 10 heteroatoms. The number of hydrogen-bond donors (Lipinski definition) is 0. The van der Waals surface area contributed by atoms with Gasteiger partial charge in [-0.2, -0.15) is 4.31 Å². The number of amides is 1. The van der Waals surface area contributed by atoms with Crippen LogP contribution in [0.3, 0.4) is 0 Å². The first-order chi connectivity index (χ1) is 12.8. The van der Waals surface area contributed by atoms with E-state index in [2.05, 4.69) is 9.83 Å². The normalized spacial score (nSPS) is 15.4. The lowest BCUT2D eigenvalue weighted by Gasteiger charge is -2.34. The van der Waals surface area contributed by atoms with Gasteiger partial charge < -0.3 is 14.2 Å². The van der Waals surface area contributed by atoms with Crippen molar-refractivity contribution >= 4 is 27.4 Å². The van der Waals surface area contributed by atoms with Crippen LogP contribution in [-0.4, -0.2) is 68.8 Å². The molecule has 142 valence electrons. The number of furan rings is 1. The van der Waals surface area contributed by atoms with Crippen molar-refractivity contribution in [3.63, 3.8) is 0 Å². The van der Waals surface area contributed by atoms with Gasteiger partial charge in [0.25, 0.3) is 15.9 Å². The maximum absolute atomic E-state index is 12.8. The van der Waals surface area contributed by atoms with Crippen LogP contribution in [0.15, 0.2) is 40.0 Å². The SMILES string of the molecule is [C-]#[N+]c1cccnc1N1CCN(S(=O)(=O)c2ccc(C(=O)N(C)C)o2)CC1. The van der Waals surface area contributed by atoms with Gasteiger partial charge in [-0.1, -0.05) is 12.1 Å². The molecule has 27 heavy (non-hydrogen) atoms. The van der Waals surface area contributed by atoms with Gasteiger partial charge in [0.15, 0.2) is 5.76 Å². The molecule has 9 nitrogen and oxygen atoms in total. The van der Waals surface area contributed by atoms with Gasteiger partial charge in [0.05, 0.1) is 6.57 Å². The molecule has 1 aliphatic rings. The first-order valence-electron chi connectivity index (χ1n) is 8.23. The highest BCUT2D eigenvalue weighted by molar-refractivity contribution is 7.89. The third-order valence-electron chi connectivity index (χ3n) is 4.22. The average molecular weight is 389 g/mol. The number of rotatable bonds is 4. The van der Waals surface area contributed by atoms with Gasteiger partial charge in [-0.05, 0) is 12.1 Å². The second kappa shape index (κ2) is 7.38. The maximum atomic E-state index is 12.8. The van der Waals surface area contributed by atoms with Gasteiger partial charge in [-0.3, -0.25) is 9.78 Å². The first kappa shape index (κ1) is 18.9. The summed E-state index contributed by atoms with van der Waals surface area (Å²) in [6, 6.07) is 6.04. The van der Waals surface area contributed by atoms with Crippen LogP contribution in [0.25, 0.3) is 4.85 Å². The van der Waals surface area contributed by atoms with Crippen LogP contribution in [-0.2, 0) is 10.0 Å². The molecule has 3 heterocycles. The molecule has 0 atom stereocenters. The number of hydrogen-bond acceptors (Lipinski definition) is 6. The van der Waals surface area contributed by atoms with E-state index in [-0.39, 0.29) is 23.9 Å². The van der Waals surface area contributed by atoms with Crippen molar-refractivity contribution in [1.82, 2.24) is 14.2 Å². The van der Waals surface area contributed by atoms with Gasteiger partial charge >= 0.3 is 0 Å². The standard InChI is InChI=1S/C17H19N5O4S/c1-18-13-5-4-8-19-16(13)21-9-11-22(12-10-21)27(24,25)15-7-6-14(26-15)17(23)20(2)3/h4-8H,9-12H2,2-3H3. The molecular formula is C17H19N5O4S. The monoisotopic (exact) mass is 389 g/mol. The zero-order valence-corrected chi connectivity index (χ0v) is 15.8. The predicted molar refractivity (Wildman–Crippen MR) is 98.2 cm³/mol. The quantitative estimate of drug-likeness (QED) is 0.735. The summed E-state index contributed by atoms with van der Waals surface area (Å²) in [7, 11) is -0.708. The van der Waals surface area contributed by atoms with E-state index in [1.807, 2.05) is 4.90 Å². The highest BCUT2D eigenvalue weighted by Gasteiger charge is 2.32. The van der Waals surface area contributed by atoms with Crippen LogP contribution >= 0.6 is 0 Å². The van der Waals surface area contributed by atoms with Gasteiger partial charge in [0.2, 0.25) is 10.8 Å².